The van der Waals surface area contributed by atoms with Gasteiger partial charge in [-0.1, -0.05) is 35.9 Å². The largest absolute Gasteiger partial charge is 0.332 e. The maximum absolute atomic E-state index is 13.2. The van der Waals surface area contributed by atoms with Crippen molar-refractivity contribution in [1.82, 2.24) is 18.7 Å². The van der Waals surface area contributed by atoms with Crippen molar-refractivity contribution in [3.63, 3.8) is 0 Å². The number of hydrogen-bond acceptors (Lipinski definition) is 5. The quantitative estimate of drug-likeness (QED) is 0.617. The molecule has 1 aromatic carbocycles. The van der Waals surface area contributed by atoms with Gasteiger partial charge in [-0.15, -0.1) is 0 Å². The van der Waals surface area contributed by atoms with Gasteiger partial charge in [-0.25, -0.2) is 9.80 Å². The Balaban J connectivity index is 1.90. The van der Waals surface area contributed by atoms with Crippen LogP contribution >= 0.6 is 11.6 Å². The molecule has 0 radical (unpaired) electrons. The lowest BCUT2D eigenvalue weighted by Gasteiger charge is -2.25. The monoisotopic (exact) mass is 412 g/mol. The fourth-order valence-electron chi connectivity index (χ4n) is 3.50. The molecular weight excluding hydrogens is 392 g/mol. The summed E-state index contributed by atoms with van der Waals surface area (Å²) in [5.74, 6) is 0.528. The lowest BCUT2D eigenvalue weighted by atomic mass is 10.2. The van der Waals surface area contributed by atoms with Gasteiger partial charge in [0.2, 0.25) is 5.95 Å². The second-order valence-corrected chi connectivity index (χ2v) is 7.82. The van der Waals surface area contributed by atoms with Gasteiger partial charge in [0, 0.05) is 12.1 Å². The molecule has 8 nitrogen and oxygen atoms in total. The Hall–Kier alpha value is -3.13. The fourth-order valence-corrected chi connectivity index (χ4v) is 3.62. The van der Waals surface area contributed by atoms with Crippen molar-refractivity contribution >= 4 is 34.4 Å². The molecule has 2 aromatic heterocycles. The highest BCUT2D eigenvalue weighted by molar-refractivity contribution is 6.30. The van der Waals surface area contributed by atoms with Crippen molar-refractivity contribution in [1.29, 1.82) is 0 Å². The molecule has 0 fully saturated rings. The number of nitrogens with zero attached hydrogens (tertiary/aromatic N) is 6. The molecule has 0 atom stereocenters. The first-order chi connectivity index (χ1) is 13.8. The number of rotatable bonds is 4. The highest BCUT2D eigenvalue weighted by Crippen LogP contribution is 2.25. The number of fused-ring (bicyclic) bond motifs is 3. The van der Waals surface area contributed by atoms with E-state index in [1.54, 1.807) is 19.0 Å². The number of hydrogen-bond donors (Lipinski definition) is 0. The Kier molecular flexibility index (Phi) is 4.66. The Morgan fingerprint density at radius 2 is 1.93 bits per heavy atom. The Morgan fingerprint density at radius 3 is 2.59 bits per heavy atom. The van der Waals surface area contributed by atoms with Crippen molar-refractivity contribution < 1.29 is 0 Å². The summed E-state index contributed by atoms with van der Waals surface area (Å²) >= 11 is 5.98. The predicted molar refractivity (Wildman–Crippen MR) is 115 cm³/mol. The van der Waals surface area contributed by atoms with Crippen LogP contribution in [0.5, 0.6) is 0 Å². The van der Waals surface area contributed by atoms with Crippen LogP contribution in [0.1, 0.15) is 19.4 Å². The minimum Gasteiger partial charge on any atom is -0.297 e. The van der Waals surface area contributed by atoms with E-state index in [9.17, 15) is 9.59 Å². The molecule has 9 heteroatoms. The van der Waals surface area contributed by atoms with Crippen molar-refractivity contribution in [2.24, 2.45) is 12.1 Å². The molecule has 0 saturated carbocycles. The number of aryl methyl sites for hydroxylation is 1. The van der Waals surface area contributed by atoms with Crippen molar-refractivity contribution in [3.8, 4) is 0 Å². The summed E-state index contributed by atoms with van der Waals surface area (Å²) in [6, 6.07) is 7.48. The predicted octanol–water partition coefficient (Wildman–Crippen LogP) is 2.52. The minimum atomic E-state index is -0.414. The molecule has 0 unspecified atom stereocenters. The molecule has 0 N–H and O–H groups in total. The number of benzene rings is 1. The summed E-state index contributed by atoms with van der Waals surface area (Å²) in [5.41, 5.74) is 2.51. The number of imidazole rings is 1. The highest BCUT2D eigenvalue weighted by Gasteiger charge is 2.26. The van der Waals surface area contributed by atoms with Gasteiger partial charge in [-0.05, 0) is 31.5 Å². The Labute approximate surface area is 172 Å². The number of halogens is 1. The minimum absolute atomic E-state index is 0.170. The van der Waals surface area contributed by atoms with Crippen LogP contribution in [-0.4, -0.2) is 24.4 Å². The van der Waals surface area contributed by atoms with Gasteiger partial charge in [-0.3, -0.25) is 18.5 Å². The van der Waals surface area contributed by atoms with Crippen LogP contribution < -0.4 is 16.3 Å². The lowest BCUT2D eigenvalue weighted by molar-refractivity contribution is 0.648. The first-order valence-electron chi connectivity index (χ1n) is 9.16. The molecule has 29 heavy (non-hydrogen) atoms. The van der Waals surface area contributed by atoms with Crippen LogP contribution in [0.4, 0.5) is 5.95 Å². The molecule has 150 valence electrons. The van der Waals surface area contributed by atoms with E-state index in [0.717, 1.165) is 16.8 Å². The van der Waals surface area contributed by atoms with E-state index in [4.69, 9.17) is 11.6 Å². The van der Waals surface area contributed by atoms with Crippen molar-refractivity contribution in [3.05, 3.63) is 67.8 Å². The number of aromatic nitrogens is 4. The van der Waals surface area contributed by atoms with Gasteiger partial charge in [0.25, 0.3) is 5.56 Å². The smallest absolute Gasteiger partial charge is 0.297 e. The third kappa shape index (κ3) is 3.29. The summed E-state index contributed by atoms with van der Waals surface area (Å²) in [6.07, 6.45) is 0. The third-order valence-electron chi connectivity index (χ3n) is 4.80. The topological polar surface area (TPSA) is 77.4 Å². The second-order valence-electron chi connectivity index (χ2n) is 7.38. The average Bonchev–Trinajstić information content (AvgIpc) is 3.05. The van der Waals surface area contributed by atoms with Crippen LogP contribution in [0.25, 0.3) is 11.2 Å². The Morgan fingerprint density at radius 1 is 1.24 bits per heavy atom. The van der Waals surface area contributed by atoms with E-state index in [2.05, 4.69) is 16.7 Å². The van der Waals surface area contributed by atoms with Gasteiger partial charge >= 0.3 is 5.69 Å². The molecule has 0 saturated heterocycles. The van der Waals surface area contributed by atoms with E-state index >= 15 is 0 Å². The molecule has 4 rings (SSSR count). The zero-order valence-corrected chi connectivity index (χ0v) is 17.3. The molecule has 3 heterocycles. The summed E-state index contributed by atoms with van der Waals surface area (Å²) in [5, 5.41) is 7.02. The van der Waals surface area contributed by atoms with E-state index in [1.807, 2.05) is 35.8 Å². The molecule has 0 aliphatic carbocycles. The maximum atomic E-state index is 13.2. The fraction of sp³-hybridized carbons (Fsp3) is 0.300. The van der Waals surface area contributed by atoms with Crippen LogP contribution in [0.15, 0.2) is 51.1 Å². The SMILES string of the molecule is C=C(C)Cn1c(=O)c2c(nc3n2CC(C)=NN3Cc2ccc(Cl)cc2)n(C)c1=O. The lowest BCUT2D eigenvalue weighted by Crippen LogP contribution is -2.40. The summed E-state index contributed by atoms with van der Waals surface area (Å²) < 4.78 is 4.43. The average molecular weight is 413 g/mol. The normalized spacial score (nSPS) is 13.5. The molecule has 0 bridgehead atoms. The van der Waals surface area contributed by atoms with Gasteiger partial charge in [0.15, 0.2) is 11.2 Å². The van der Waals surface area contributed by atoms with Crippen LogP contribution in [0, 0.1) is 0 Å². The maximum Gasteiger partial charge on any atom is 0.332 e. The standard InChI is InChI=1S/C20H21ClN6O2/c1-12(2)9-26-18(28)16-17(24(4)20(26)29)22-19-25(16)10-13(3)23-27(19)11-14-5-7-15(21)8-6-14/h5-8H,1,9-11H2,2-4H3. The molecule has 3 aromatic rings. The van der Waals surface area contributed by atoms with Crippen LogP contribution in [0.2, 0.25) is 5.02 Å². The van der Waals surface area contributed by atoms with Gasteiger partial charge in [0.05, 0.1) is 25.3 Å². The van der Waals surface area contributed by atoms with E-state index in [-0.39, 0.29) is 12.1 Å². The second kappa shape index (κ2) is 7.04. The molecule has 1 aliphatic heterocycles. The van der Waals surface area contributed by atoms with E-state index in [0.29, 0.717) is 35.2 Å². The molecule has 1 aliphatic rings. The molecular formula is C20H21ClN6O2. The van der Waals surface area contributed by atoms with Crippen molar-refractivity contribution in [2.75, 3.05) is 5.01 Å². The van der Waals surface area contributed by atoms with Gasteiger partial charge in [0.1, 0.15) is 0 Å². The number of allylic oxidation sites excluding steroid dienone is 1. The van der Waals surface area contributed by atoms with E-state index in [1.165, 1.54) is 9.13 Å². The first kappa shape index (κ1) is 19.2. The molecule has 0 spiro atoms. The van der Waals surface area contributed by atoms with Crippen LogP contribution in [-0.2, 0) is 26.7 Å². The zero-order valence-electron chi connectivity index (χ0n) is 16.5. The number of anilines is 1. The summed E-state index contributed by atoms with van der Waals surface area (Å²) in [7, 11) is 1.62. The van der Waals surface area contributed by atoms with Gasteiger partial charge in [-0.2, -0.15) is 10.1 Å². The summed E-state index contributed by atoms with van der Waals surface area (Å²) in [4.78, 5) is 30.5. The van der Waals surface area contributed by atoms with Gasteiger partial charge < -0.3 is 0 Å². The zero-order chi connectivity index (χ0) is 20.9. The first-order valence-corrected chi connectivity index (χ1v) is 9.54. The highest BCUT2D eigenvalue weighted by atomic mass is 35.5. The molecule has 0 amide bonds. The number of hydrazone groups is 1. The third-order valence-corrected chi connectivity index (χ3v) is 5.05. The Bertz CT molecular complexity index is 1280. The van der Waals surface area contributed by atoms with E-state index < -0.39 is 5.69 Å². The van der Waals surface area contributed by atoms with Crippen LogP contribution in [0.3, 0.4) is 0 Å². The summed E-state index contributed by atoms with van der Waals surface area (Å²) in [6.45, 7) is 8.58. The van der Waals surface area contributed by atoms with Crippen molar-refractivity contribution in [2.45, 2.75) is 33.5 Å².